The second-order valence-corrected chi connectivity index (χ2v) is 3.01. The Labute approximate surface area is 72.6 Å². The van der Waals surface area contributed by atoms with Crippen molar-refractivity contribution >= 4 is 18.4 Å². The van der Waals surface area contributed by atoms with Crippen LogP contribution in [0.15, 0.2) is 0 Å². The maximum atomic E-state index is 10.2. The fourth-order valence-electron chi connectivity index (χ4n) is 1.44. The Balaban J connectivity index is 0.000001000. The van der Waals surface area contributed by atoms with Gasteiger partial charge in [-0.3, -0.25) is 4.79 Å². The van der Waals surface area contributed by atoms with Crippen molar-refractivity contribution in [2.24, 2.45) is 5.92 Å². The first-order chi connectivity index (χ1) is 4.68. The second kappa shape index (κ2) is 4.57. The van der Waals surface area contributed by atoms with Gasteiger partial charge in [-0.15, -0.1) is 12.4 Å². The zero-order valence-electron chi connectivity index (χ0n) is 6.54. The number of carboxylic acid groups (broad SMARTS) is 1. The van der Waals surface area contributed by atoms with Gasteiger partial charge >= 0.3 is 5.97 Å². The van der Waals surface area contributed by atoms with E-state index in [0.29, 0.717) is 18.4 Å². The molecule has 0 amide bonds. The zero-order chi connectivity index (χ0) is 7.56. The first-order valence-corrected chi connectivity index (χ1v) is 3.63. The van der Waals surface area contributed by atoms with Gasteiger partial charge in [0.25, 0.3) is 0 Å². The molecule has 1 fully saturated rings. The lowest BCUT2D eigenvalue weighted by Crippen LogP contribution is -2.17. The first-order valence-electron chi connectivity index (χ1n) is 3.63. The monoisotopic (exact) mass is 179 g/mol. The summed E-state index contributed by atoms with van der Waals surface area (Å²) >= 11 is 0. The number of hydrogen-bond acceptors (Lipinski definition) is 2. The fraction of sp³-hybridized carbons (Fsp3) is 0.857. The van der Waals surface area contributed by atoms with E-state index in [1.165, 1.54) is 0 Å². The molecule has 0 aromatic rings. The quantitative estimate of drug-likeness (QED) is 0.662. The van der Waals surface area contributed by atoms with Gasteiger partial charge in [-0.1, -0.05) is 0 Å². The molecule has 0 aromatic carbocycles. The number of rotatable bonds is 2. The maximum Gasteiger partial charge on any atom is 0.303 e. The maximum absolute atomic E-state index is 10.2. The molecule has 0 saturated carbocycles. The predicted octanol–water partition coefficient (Wildman–Crippen LogP) is 0.881. The number of carboxylic acids is 1. The third-order valence-electron chi connectivity index (χ3n) is 1.91. The lowest BCUT2D eigenvalue weighted by molar-refractivity contribution is -0.137. The van der Waals surface area contributed by atoms with Crippen LogP contribution < -0.4 is 5.32 Å². The van der Waals surface area contributed by atoms with Gasteiger partial charge in [0.15, 0.2) is 0 Å². The molecule has 4 heteroatoms. The first kappa shape index (κ1) is 10.7. The lowest BCUT2D eigenvalue weighted by Gasteiger charge is -2.01. The van der Waals surface area contributed by atoms with E-state index in [4.69, 9.17) is 5.11 Å². The van der Waals surface area contributed by atoms with Crippen LogP contribution in [0.5, 0.6) is 0 Å². The number of carbonyl (C=O) groups is 1. The largest absolute Gasteiger partial charge is 0.481 e. The average Bonchev–Trinajstić information content (AvgIpc) is 2.13. The van der Waals surface area contributed by atoms with Crippen molar-refractivity contribution < 1.29 is 9.90 Å². The molecular formula is C7H14ClNO2. The van der Waals surface area contributed by atoms with E-state index in [-0.39, 0.29) is 12.4 Å². The Morgan fingerprint density at radius 2 is 2.36 bits per heavy atom. The molecule has 2 unspecified atom stereocenters. The number of halogens is 1. The van der Waals surface area contributed by atoms with Crippen LogP contribution in [-0.4, -0.2) is 23.7 Å². The topological polar surface area (TPSA) is 49.3 Å². The van der Waals surface area contributed by atoms with E-state index in [9.17, 15) is 4.79 Å². The molecule has 2 N–H and O–H groups in total. The molecule has 1 saturated heterocycles. The summed E-state index contributed by atoms with van der Waals surface area (Å²) in [6, 6.07) is 0.504. The van der Waals surface area contributed by atoms with Crippen LogP contribution in [0.25, 0.3) is 0 Å². The van der Waals surface area contributed by atoms with Crippen molar-refractivity contribution in [2.45, 2.75) is 25.8 Å². The molecule has 0 aromatic heterocycles. The highest BCUT2D eigenvalue weighted by molar-refractivity contribution is 5.85. The molecule has 1 aliphatic heterocycles. The third kappa shape index (κ3) is 3.58. The molecule has 1 rings (SSSR count). The molecule has 3 nitrogen and oxygen atoms in total. The summed E-state index contributed by atoms with van der Waals surface area (Å²) < 4.78 is 0. The summed E-state index contributed by atoms with van der Waals surface area (Å²) in [5.41, 5.74) is 0. The highest BCUT2D eigenvalue weighted by Gasteiger charge is 2.22. The van der Waals surface area contributed by atoms with Crippen molar-refractivity contribution in [3.05, 3.63) is 0 Å². The molecule has 66 valence electrons. The van der Waals surface area contributed by atoms with Crippen LogP contribution in [0, 0.1) is 5.92 Å². The van der Waals surface area contributed by atoms with Gasteiger partial charge in [0, 0.05) is 12.5 Å². The predicted molar refractivity (Wildman–Crippen MR) is 45.1 cm³/mol. The molecular weight excluding hydrogens is 166 g/mol. The number of hydrogen-bond donors (Lipinski definition) is 2. The minimum absolute atomic E-state index is 0. The van der Waals surface area contributed by atoms with Gasteiger partial charge in [-0.05, 0) is 25.8 Å². The van der Waals surface area contributed by atoms with Gasteiger partial charge in [0.05, 0.1) is 0 Å². The summed E-state index contributed by atoms with van der Waals surface area (Å²) in [7, 11) is 0. The molecule has 0 aliphatic carbocycles. The molecule has 1 heterocycles. The van der Waals surface area contributed by atoms with Crippen LogP contribution in [0.4, 0.5) is 0 Å². The summed E-state index contributed by atoms with van der Waals surface area (Å²) in [5, 5.41) is 11.6. The highest BCUT2D eigenvalue weighted by Crippen LogP contribution is 2.16. The van der Waals surface area contributed by atoms with Crippen LogP contribution >= 0.6 is 12.4 Å². The number of nitrogens with one attached hydrogen (secondary N) is 1. The molecule has 1 aliphatic rings. The van der Waals surface area contributed by atoms with Crippen LogP contribution in [-0.2, 0) is 4.79 Å². The minimum Gasteiger partial charge on any atom is -0.481 e. The van der Waals surface area contributed by atoms with E-state index in [2.05, 4.69) is 12.2 Å². The summed E-state index contributed by atoms with van der Waals surface area (Å²) in [5.74, 6) is -0.326. The average molecular weight is 180 g/mol. The van der Waals surface area contributed by atoms with Crippen molar-refractivity contribution in [1.82, 2.24) is 5.32 Å². The molecule has 0 spiro atoms. The van der Waals surface area contributed by atoms with Crippen LogP contribution in [0.3, 0.4) is 0 Å². The Morgan fingerprint density at radius 3 is 2.73 bits per heavy atom. The van der Waals surface area contributed by atoms with Crippen molar-refractivity contribution in [1.29, 1.82) is 0 Å². The Kier molecular flexibility index (Phi) is 4.45. The Bertz CT molecular complexity index is 140. The van der Waals surface area contributed by atoms with Crippen LogP contribution in [0.1, 0.15) is 19.8 Å². The van der Waals surface area contributed by atoms with Crippen molar-refractivity contribution in [2.75, 3.05) is 6.54 Å². The summed E-state index contributed by atoms with van der Waals surface area (Å²) in [6.07, 6.45) is 1.32. The highest BCUT2D eigenvalue weighted by atomic mass is 35.5. The lowest BCUT2D eigenvalue weighted by atomic mass is 10.0. The Morgan fingerprint density at radius 1 is 1.73 bits per heavy atom. The van der Waals surface area contributed by atoms with Crippen molar-refractivity contribution in [3.63, 3.8) is 0 Å². The molecule has 11 heavy (non-hydrogen) atoms. The van der Waals surface area contributed by atoms with Gasteiger partial charge in [0.1, 0.15) is 0 Å². The smallest absolute Gasteiger partial charge is 0.303 e. The van der Waals surface area contributed by atoms with E-state index in [1.807, 2.05) is 0 Å². The molecule has 0 bridgehead atoms. The summed E-state index contributed by atoms with van der Waals surface area (Å²) in [4.78, 5) is 10.2. The molecule has 0 radical (unpaired) electrons. The number of aliphatic carboxylic acids is 1. The van der Waals surface area contributed by atoms with Gasteiger partial charge in [0.2, 0.25) is 0 Å². The third-order valence-corrected chi connectivity index (χ3v) is 1.91. The SMILES string of the molecule is CC1CC(CC(=O)O)CN1.Cl. The van der Waals surface area contributed by atoms with E-state index < -0.39 is 5.97 Å². The molecule has 2 atom stereocenters. The van der Waals surface area contributed by atoms with Crippen LogP contribution in [0.2, 0.25) is 0 Å². The van der Waals surface area contributed by atoms with Gasteiger partial charge < -0.3 is 10.4 Å². The van der Waals surface area contributed by atoms with Gasteiger partial charge in [-0.25, -0.2) is 0 Å². The normalized spacial score (nSPS) is 29.5. The fourth-order valence-corrected chi connectivity index (χ4v) is 1.44. The van der Waals surface area contributed by atoms with E-state index in [1.54, 1.807) is 0 Å². The van der Waals surface area contributed by atoms with Crippen molar-refractivity contribution in [3.8, 4) is 0 Å². The van der Waals surface area contributed by atoms with E-state index >= 15 is 0 Å². The summed E-state index contributed by atoms with van der Waals surface area (Å²) in [6.45, 7) is 2.95. The van der Waals surface area contributed by atoms with E-state index in [0.717, 1.165) is 13.0 Å². The standard InChI is InChI=1S/C7H13NO2.ClH/c1-5-2-6(4-8-5)3-7(9)10;/h5-6,8H,2-4H2,1H3,(H,9,10);1H. The Hall–Kier alpha value is -0.280. The second-order valence-electron chi connectivity index (χ2n) is 3.01. The zero-order valence-corrected chi connectivity index (χ0v) is 7.36. The minimum atomic E-state index is -0.680. The van der Waals surface area contributed by atoms with Gasteiger partial charge in [-0.2, -0.15) is 0 Å².